The third kappa shape index (κ3) is 4.30. The van der Waals surface area contributed by atoms with Gasteiger partial charge in [-0.25, -0.2) is 0 Å². The van der Waals surface area contributed by atoms with Crippen molar-refractivity contribution in [3.8, 4) is 0 Å². The molecule has 94 valence electrons. The molecular formula is C12H17ClN2OS. The van der Waals surface area contributed by atoms with E-state index in [1.165, 1.54) is 17.8 Å². The van der Waals surface area contributed by atoms with Crippen LogP contribution in [0.2, 0.25) is 4.34 Å². The van der Waals surface area contributed by atoms with Crippen LogP contribution in [-0.2, 0) is 11.3 Å². The maximum Gasteiger partial charge on any atom is 0.220 e. The number of nitrogens with one attached hydrogen (secondary N) is 2. The lowest BCUT2D eigenvalue weighted by molar-refractivity contribution is -0.121. The number of carbonyl (C=O) groups excluding carboxylic acids is 1. The summed E-state index contributed by atoms with van der Waals surface area (Å²) in [5.74, 6) is 0.818. The van der Waals surface area contributed by atoms with E-state index in [0.29, 0.717) is 18.9 Å². The SMILES string of the molecule is O=C(CCC1CCNC1)NCc1ccc(Cl)s1. The molecule has 3 nitrogen and oxygen atoms in total. The predicted molar refractivity (Wildman–Crippen MR) is 71.4 cm³/mol. The second-order valence-electron chi connectivity index (χ2n) is 4.38. The summed E-state index contributed by atoms with van der Waals surface area (Å²) in [7, 11) is 0. The molecule has 2 heterocycles. The Hall–Kier alpha value is -0.580. The molecule has 17 heavy (non-hydrogen) atoms. The molecule has 1 aliphatic rings. The molecule has 0 aromatic carbocycles. The average Bonchev–Trinajstić information content (AvgIpc) is 2.95. The molecule has 1 aromatic rings. The van der Waals surface area contributed by atoms with Gasteiger partial charge in [-0.15, -0.1) is 11.3 Å². The largest absolute Gasteiger partial charge is 0.351 e. The second kappa shape index (κ2) is 6.38. The highest BCUT2D eigenvalue weighted by molar-refractivity contribution is 7.16. The number of rotatable bonds is 5. The number of carbonyl (C=O) groups is 1. The standard InChI is InChI=1S/C12H17ClN2OS/c13-11-3-2-10(17-11)8-15-12(16)4-1-9-5-6-14-7-9/h2-3,9,14H,1,4-8H2,(H,15,16). The van der Waals surface area contributed by atoms with E-state index in [2.05, 4.69) is 10.6 Å². The maximum atomic E-state index is 11.6. The minimum absolute atomic E-state index is 0.140. The molecule has 1 atom stereocenters. The lowest BCUT2D eigenvalue weighted by atomic mass is 10.0. The first-order valence-corrected chi connectivity index (χ1v) is 7.15. The monoisotopic (exact) mass is 272 g/mol. The van der Waals surface area contributed by atoms with Crippen molar-refractivity contribution in [1.29, 1.82) is 0 Å². The zero-order valence-electron chi connectivity index (χ0n) is 9.67. The van der Waals surface area contributed by atoms with Gasteiger partial charge in [-0.1, -0.05) is 11.6 Å². The minimum atomic E-state index is 0.140. The van der Waals surface area contributed by atoms with Crippen molar-refractivity contribution in [3.63, 3.8) is 0 Å². The number of hydrogen-bond donors (Lipinski definition) is 2. The van der Waals surface area contributed by atoms with Crippen molar-refractivity contribution in [2.45, 2.75) is 25.8 Å². The molecular weight excluding hydrogens is 256 g/mol. The molecule has 1 fully saturated rings. The van der Waals surface area contributed by atoms with E-state index in [1.54, 1.807) is 0 Å². The van der Waals surface area contributed by atoms with Crippen molar-refractivity contribution in [2.75, 3.05) is 13.1 Å². The Morgan fingerprint density at radius 2 is 2.47 bits per heavy atom. The summed E-state index contributed by atoms with van der Waals surface area (Å²) >= 11 is 7.34. The van der Waals surface area contributed by atoms with Gasteiger partial charge in [0.2, 0.25) is 5.91 Å². The molecule has 0 bridgehead atoms. The lowest BCUT2D eigenvalue weighted by Crippen LogP contribution is -2.23. The van der Waals surface area contributed by atoms with Crippen LogP contribution in [0.3, 0.4) is 0 Å². The van der Waals surface area contributed by atoms with Gasteiger partial charge in [0.05, 0.1) is 10.9 Å². The van der Waals surface area contributed by atoms with E-state index in [0.717, 1.165) is 28.7 Å². The molecule has 0 radical (unpaired) electrons. The maximum absolute atomic E-state index is 11.6. The van der Waals surface area contributed by atoms with E-state index >= 15 is 0 Å². The van der Waals surface area contributed by atoms with Crippen LogP contribution < -0.4 is 10.6 Å². The van der Waals surface area contributed by atoms with Crippen LogP contribution >= 0.6 is 22.9 Å². The third-order valence-corrected chi connectivity index (χ3v) is 4.26. The van der Waals surface area contributed by atoms with E-state index < -0.39 is 0 Å². The van der Waals surface area contributed by atoms with Gasteiger partial charge in [-0.3, -0.25) is 4.79 Å². The first-order chi connectivity index (χ1) is 8.24. The van der Waals surface area contributed by atoms with Crippen LogP contribution in [0.15, 0.2) is 12.1 Å². The van der Waals surface area contributed by atoms with Gasteiger partial charge in [0.15, 0.2) is 0 Å². The molecule has 2 N–H and O–H groups in total. The molecule has 1 aliphatic heterocycles. The van der Waals surface area contributed by atoms with Crippen LogP contribution in [0.25, 0.3) is 0 Å². The average molecular weight is 273 g/mol. The van der Waals surface area contributed by atoms with Gasteiger partial charge < -0.3 is 10.6 Å². The highest BCUT2D eigenvalue weighted by Crippen LogP contribution is 2.21. The summed E-state index contributed by atoms with van der Waals surface area (Å²) < 4.78 is 0.770. The second-order valence-corrected chi connectivity index (χ2v) is 6.18. The Morgan fingerprint density at radius 1 is 1.59 bits per heavy atom. The van der Waals surface area contributed by atoms with Gasteiger partial charge in [0.1, 0.15) is 0 Å². The fraction of sp³-hybridized carbons (Fsp3) is 0.583. The topological polar surface area (TPSA) is 41.1 Å². The van der Waals surface area contributed by atoms with E-state index in [1.807, 2.05) is 12.1 Å². The highest BCUT2D eigenvalue weighted by atomic mass is 35.5. The summed E-state index contributed by atoms with van der Waals surface area (Å²) in [6.07, 6.45) is 2.82. The quantitative estimate of drug-likeness (QED) is 0.864. The Kier molecular flexibility index (Phi) is 4.83. The molecule has 0 spiro atoms. The Morgan fingerprint density at radius 3 is 3.12 bits per heavy atom. The fourth-order valence-corrected chi connectivity index (χ4v) is 3.04. The van der Waals surface area contributed by atoms with Crippen molar-refractivity contribution < 1.29 is 4.79 Å². The Balaban J connectivity index is 1.63. The van der Waals surface area contributed by atoms with Crippen LogP contribution in [0, 0.1) is 5.92 Å². The van der Waals surface area contributed by atoms with Crippen LogP contribution in [0.1, 0.15) is 24.1 Å². The van der Waals surface area contributed by atoms with Crippen molar-refractivity contribution in [2.24, 2.45) is 5.92 Å². The fourth-order valence-electron chi connectivity index (χ4n) is 2.02. The summed E-state index contributed by atoms with van der Waals surface area (Å²) in [4.78, 5) is 12.7. The van der Waals surface area contributed by atoms with Crippen molar-refractivity contribution >= 4 is 28.8 Å². The van der Waals surface area contributed by atoms with E-state index in [9.17, 15) is 4.79 Å². The van der Waals surface area contributed by atoms with E-state index in [-0.39, 0.29) is 5.91 Å². The Bertz CT molecular complexity index is 374. The van der Waals surface area contributed by atoms with Crippen LogP contribution in [-0.4, -0.2) is 19.0 Å². The van der Waals surface area contributed by atoms with Gasteiger partial charge in [-0.05, 0) is 44.0 Å². The summed E-state index contributed by atoms with van der Waals surface area (Å²) in [6.45, 7) is 2.76. The van der Waals surface area contributed by atoms with Gasteiger partial charge in [0, 0.05) is 11.3 Å². The number of hydrogen-bond acceptors (Lipinski definition) is 3. The minimum Gasteiger partial charge on any atom is -0.351 e. The molecule has 0 aliphatic carbocycles. The smallest absolute Gasteiger partial charge is 0.220 e. The molecule has 1 amide bonds. The van der Waals surface area contributed by atoms with Gasteiger partial charge in [0.25, 0.3) is 0 Å². The first kappa shape index (κ1) is 12.9. The summed E-state index contributed by atoms with van der Waals surface area (Å²) in [5.41, 5.74) is 0. The zero-order valence-corrected chi connectivity index (χ0v) is 11.2. The highest BCUT2D eigenvalue weighted by Gasteiger charge is 2.15. The number of halogens is 1. The third-order valence-electron chi connectivity index (χ3n) is 3.03. The molecule has 1 saturated heterocycles. The zero-order chi connectivity index (χ0) is 12.1. The lowest BCUT2D eigenvalue weighted by Gasteiger charge is -2.07. The van der Waals surface area contributed by atoms with Crippen LogP contribution in [0.5, 0.6) is 0 Å². The Labute approximate surface area is 111 Å². The number of thiophene rings is 1. The molecule has 1 unspecified atom stereocenters. The first-order valence-electron chi connectivity index (χ1n) is 5.95. The normalized spacial score (nSPS) is 19.5. The van der Waals surface area contributed by atoms with Crippen molar-refractivity contribution in [1.82, 2.24) is 10.6 Å². The van der Waals surface area contributed by atoms with Crippen molar-refractivity contribution in [3.05, 3.63) is 21.3 Å². The van der Waals surface area contributed by atoms with E-state index in [4.69, 9.17) is 11.6 Å². The summed E-state index contributed by atoms with van der Waals surface area (Å²) in [6, 6.07) is 3.81. The number of amides is 1. The van der Waals surface area contributed by atoms with Gasteiger partial charge >= 0.3 is 0 Å². The molecule has 2 rings (SSSR count). The molecule has 0 saturated carbocycles. The molecule has 5 heteroatoms. The predicted octanol–water partition coefficient (Wildman–Crippen LogP) is 2.41. The van der Waals surface area contributed by atoms with Crippen LogP contribution in [0.4, 0.5) is 0 Å². The molecule has 1 aromatic heterocycles. The summed E-state index contributed by atoms with van der Waals surface area (Å²) in [5, 5.41) is 6.24. The van der Waals surface area contributed by atoms with Gasteiger partial charge in [-0.2, -0.15) is 0 Å².